The van der Waals surface area contributed by atoms with Gasteiger partial charge in [0.1, 0.15) is 5.76 Å². The number of rotatable bonds is 5. The zero-order valence-corrected chi connectivity index (χ0v) is 13.7. The lowest BCUT2D eigenvalue weighted by molar-refractivity contribution is -0.133. The SMILES string of the molecule is Cc1noc(C)c1CC(=O)N1CC(S(=O)(=O)CC(C)C)C1. The van der Waals surface area contributed by atoms with Gasteiger partial charge >= 0.3 is 0 Å². The summed E-state index contributed by atoms with van der Waals surface area (Å²) >= 11 is 0. The van der Waals surface area contributed by atoms with E-state index in [-0.39, 0.29) is 24.0 Å². The number of carbonyl (C=O) groups excluding carboxylic acids is 1. The van der Waals surface area contributed by atoms with Crippen LogP contribution in [0.1, 0.15) is 30.9 Å². The molecule has 0 atom stereocenters. The molecule has 0 N–H and O–H groups in total. The average molecular weight is 314 g/mol. The van der Waals surface area contributed by atoms with E-state index < -0.39 is 15.1 Å². The van der Waals surface area contributed by atoms with Gasteiger partial charge in [-0.05, 0) is 19.8 Å². The molecule has 7 heteroatoms. The first-order valence-corrected chi connectivity index (χ1v) is 8.83. The van der Waals surface area contributed by atoms with Gasteiger partial charge in [0.25, 0.3) is 0 Å². The zero-order valence-electron chi connectivity index (χ0n) is 12.9. The lowest BCUT2D eigenvalue weighted by Crippen LogP contribution is -2.58. The zero-order chi connectivity index (χ0) is 15.8. The maximum atomic E-state index is 12.2. The van der Waals surface area contributed by atoms with Crippen molar-refractivity contribution in [3.63, 3.8) is 0 Å². The van der Waals surface area contributed by atoms with Crippen molar-refractivity contribution >= 4 is 15.7 Å². The minimum Gasteiger partial charge on any atom is -0.361 e. The highest BCUT2D eigenvalue weighted by atomic mass is 32.2. The van der Waals surface area contributed by atoms with E-state index in [1.807, 2.05) is 13.8 Å². The van der Waals surface area contributed by atoms with Gasteiger partial charge in [-0.15, -0.1) is 0 Å². The second kappa shape index (κ2) is 5.79. The molecule has 1 amide bonds. The Kier molecular flexibility index (Phi) is 4.41. The highest BCUT2D eigenvalue weighted by Gasteiger charge is 2.39. The predicted octanol–water partition coefficient (Wildman–Crippen LogP) is 1.12. The summed E-state index contributed by atoms with van der Waals surface area (Å²) in [6, 6.07) is 0. The van der Waals surface area contributed by atoms with E-state index in [1.165, 1.54) is 0 Å². The third kappa shape index (κ3) is 3.45. The van der Waals surface area contributed by atoms with Crippen molar-refractivity contribution in [2.45, 2.75) is 39.4 Å². The third-order valence-electron chi connectivity index (χ3n) is 3.78. The van der Waals surface area contributed by atoms with Crippen LogP contribution in [0.25, 0.3) is 0 Å². The number of sulfone groups is 1. The number of hydrogen-bond acceptors (Lipinski definition) is 5. The van der Waals surface area contributed by atoms with Crippen molar-refractivity contribution in [2.24, 2.45) is 5.92 Å². The van der Waals surface area contributed by atoms with E-state index in [0.717, 1.165) is 5.56 Å². The Bertz CT molecular complexity index is 608. The van der Waals surface area contributed by atoms with E-state index in [1.54, 1.807) is 18.7 Å². The molecule has 0 aromatic carbocycles. The highest BCUT2D eigenvalue weighted by Crippen LogP contribution is 2.21. The lowest BCUT2D eigenvalue weighted by atomic mass is 10.1. The second-order valence-corrected chi connectivity index (χ2v) is 8.45. The first-order valence-electron chi connectivity index (χ1n) is 7.11. The molecule has 0 aliphatic carbocycles. The fourth-order valence-corrected chi connectivity index (χ4v) is 4.50. The van der Waals surface area contributed by atoms with Crippen molar-refractivity contribution in [2.75, 3.05) is 18.8 Å². The Morgan fingerprint density at radius 3 is 2.48 bits per heavy atom. The lowest BCUT2D eigenvalue weighted by Gasteiger charge is -2.39. The number of aryl methyl sites for hydroxylation is 2. The molecule has 0 radical (unpaired) electrons. The Morgan fingerprint density at radius 1 is 1.38 bits per heavy atom. The van der Waals surface area contributed by atoms with Crippen molar-refractivity contribution in [1.82, 2.24) is 10.1 Å². The highest BCUT2D eigenvalue weighted by molar-refractivity contribution is 7.92. The molecular weight excluding hydrogens is 292 g/mol. The van der Waals surface area contributed by atoms with Crippen LogP contribution in [0.2, 0.25) is 0 Å². The Balaban J connectivity index is 1.91. The molecule has 1 saturated heterocycles. The quantitative estimate of drug-likeness (QED) is 0.813. The summed E-state index contributed by atoms with van der Waals surface area (Å²) in [4.78, 5) is 13.7. The molecule has 118 valence electrons. The maximum absolute atomic E-state index is 12.2. The number of carbonyl (C=O) groups is 1. The van der Waals surface area contributed by atoms with Crippen LogP contribution in [0.3, 0.4) is 0 Å². The third-order valence-corrected chi connectivity index (χ3v) is 6.23. The predicted molar refractivity (Wildman–Crippen MR) is 78.7 cm³/mol. The van der Waals surface area contributed by atoms with Gasteiger partial charge in [-0.2, -0.15) is 0 Å². The van der Waals surface area contributed by atoms with Gasteiger partial charge in [0.2, 0.25) is 5.91 Å². The van der Waals surface area contributed by atoms with Crippen LogP contribution in [-0.4, -0.2) is 48.5 Å². The number of hydrogen-bond donors (Lipinski definition) is 0. The molecular formula is C14H22N2O4S. The minimum absolute atomic E-state index is 0.0691. The molecule has 1 aromatic rings. The topological polar surface area (TPSA) is 80.5 Å². The van der Waals surface area contributed by atoms with Crippen LogP contribution in [0.4, 0.5) is 0 Å². The second-order valence-electron chi connectivity index (χ2n) is 6.12. The van der Waals surface area contributed by atoms with Crippen LogP contribution in [0.15, 0.2) is 4.52 Å². The molecule has 0 unspecified atom stereocenters. The van der Waals surface area contributed by atoms with Gasteiger partial charge in [-0.3, -0.25) is 4.79 Å². The minimum atomic E-state index is -3.09. The van der Waals surface area contributed by atoms with Crippen molar-refractivity contribution in [1.29, 1.82) is 0 Å². The summed E-state index contributed by atoms with van der Waals surface area (Å²) in [5, 5.41) is 3.41. The molecule has 2 heterocycles. The van der Waals surface area contributed by atoms with Crippen LogP contribution in [0.5, 0.6) is 0 Å². The fraction of sp³-hybridized carbons (Fsp3) is 0.714. The van der Waals surface area contributed by atoms with Gasteiger partial charge in [-0.1, -0.05) is 19.0 Å². The monoisotopic (exact) mass is 314 g/mol. The number of nitrogens with zero attached hydrogens (tertiary/aromatic N) is 2. The molecule has 2 rings (SSSR count). The molecule has 1 aliphatic rings. The van der Waals surface area contributed by atoms with Crippen LogP contribution >= 0.6 is 0 Å². The van der Waals surface area contributed by atoms with Crippen LogP contribution in [-0.2, 0) is 21.1 Å². The smallest absolute Gasteiger partial charge is 0.227 e. The van der Waals surface area contributed by atoms with Crippen molar-refractivity contribution in [3.8, 4) is 0 Å². The van der Waals surface area contributed by atoms with Crippen molar-refractivity contribution in [3.05, 3.63) is 17.0 Å². The van der Waals surface area contributed by atoms with E-state index in [9.17, 15) is 13.2 Å². The van der Waals surface area contributed by atoms with E-state index in [4.69, 9.17) is 4.52 Å². The standard InChI is InChI=1S/C14H22N2O4S/c1-9(2)8-21(18,19)12-6-16(7-12)14(17)5-13-10(3)15-20-11(13)4/h9,12H,5-8H2,1-4H3. The number of likely N-dealkylation sites (tertiary alicyclic amines) is 1. The van der Waals surface area contributed by atoms with Gasteiger partial charge in [0.15, 0.2) is 9.84 Å². The summed E-state index contributed by atoms with van der Waals surface area (Å²) < 4.78 is 29.1. The van der Waals surface area contributed by atoms with E-state index in [2.05, 4.69) is 5.16 Å². The molecule has 21 heavy (non-hydrogen) atoms. The van der Waals surface area contributed by atoms with E-state index >= 15 is 0 Å². The van der Waals surface area contributed by atoms with Crippen molar-refractivity contribution < 1.29 is 17.7 Å². The molecule has 1 aromatic heterocycles. The Hall–Kier alpha value is -1.37. The maximum Gasteiger partial charge on any atom is 0.227 e. The molecule has 0 saturated carbocycles. The molecule has 1 fully saturated rings. The summed E-state index contributed by atoms with van der Waals surface area (Å²) in [5.74, 6) is 0.872. The number of amides is 1. The molecule has 6 nitrogen and oxygen atoms in total. The van der Waals surface area contributed by atoms with Gasteiger partial charge in [-0.25, -0.2) is 8.42 Å². The van der Waals surface area contributed by atoms with Gasteiger partial charge < -0.3 is 9.42 Å². The average Bonchev–Trinajstić information content (AvgIpc) is 2.56. The Morgan fingerprint density at radius 2 is 2.00 bits per heavy atom. The van der Waals surface area contributed by atoms with Crippen LogP contribution in [0, 0.1) is 19.8 Å². The van der Waals surface area contributed by atoms with Crippen LogP contribution < -0.4 is 0 Å². The summed E-state index contributed by atoms with van der Waals surface area (Å²) in [7, 11) is -3.09. The molecule has 0 bridgehead atoms. The fourth-order valence-electron chi connectivity index (χ4n) is 2.49. The molecule has 1 aliphatic heterocycles. The summed E-state index contributed by atoms with van der Waals surface area (Å²) in [5.41, 5.74) is 1.51. The number of aromatic nitrogens is 1. The first kappa shape index (κ1) is 16.0. The largest absolute Gasteiger partial charge is 0.361 e. The van der Waals surface area contributed by atoms with E-state index in [0.29, 0.717) is 24.5 Å². The van der Waals surface area contributed by atoms with Gasteiger partial charge in [0.05, 0.1) is 23.1 Å². The normalized spacial score (nSPS) is 16.3. The molecule has 0 spiro atoms. The van der Waals surface area contributed by atoms with Gasteiger partial charge in [0, 0.05) is 18.7 Å². The summed E-state index contributed by atoms with van der Waals surface area (Å²) in [6.07, 6.45) is 0.220. The Labute approximate surface area is 125 Å². The first-order chi connectivity index (χ1) is 9.70. The summed E-state index contributed by atoms with van der Waals surface area (Å²) in [6.45, 7) is 7.95.